The van der Waals surface area contributed by atoms with Gasteiger partial charge in [-0.2, -0.15) is 0 Å². The Bertz CT molecular complexity index is 1080. The van der Waals surface area contributed by atoms with Crippen molar-refractivity contribution >= 4 is 33.7 Å². The Hall–Kier alpha value is -2.49. The van der Waals surface area contributed by atoms with Gasteiger partial charge in [-0.05, 0) is 30.7 Å². The molecule has 39 heavy (non-hydrogen) atoms. The molecule has 0 saturated carbocycles. The largest absolute Gasteiger partial charge is 0.465 e. The van der Waals surface area contributed by atoms with Crippen LogP contribution in [-0.4, -0.2) is 81.1 Å². The number of benzene rings is 1. The van der Waals surface area contributed by atoms with Gasteiger partial charge >= 0.3 is 5.97 Å². The maximum Gasteiger partial charge on any atom is 0.312 e. The van der Waals surface area contributed by atoms with Crippen LogP contribution in [0, 0.1) is 17.8 Å². The van der Waals surface area contributed by atoms with Crippen molar-refractivity contribution in [2.75, 3.05) is 19.8 Å². The number of nitrogens with zero attached hydrogens (tertiary/aromatic N) is 2. The minimum absolute atomic E-state index is 0.162. The number of amides is 2. The number of alkyl halides is 1. The van der Waals surface area contributed by atoms with Gasteiger partial charge in [-0.1, -0.05) is 72.3 Å². The van der Waals surface area contributed by atoms with Gasteiger partial charge in [-0.3, -0.25) is 14.4 Å². The van der Waals surface area contributed by atoms with E-state index in [2.05, 4.69) is 29.1 Å². The molecule has 8 nitrogen and oxygen atoms in total. The quantitative estimate of drug-likeness (QED) is 0.161. The molecule has 0 aliphatic carbocycles. The number of esters is 1. The molecule has 3 fully saturated rings. The summed E-state index contributed by atoms with van der Waals surface area (Å²) in [5.41, 5.74) is -0.271. The van der Waals surface area contributed by atoms with Crippen molar-refractivity contribution < 1.29 is 29.0 Å². The number of rotatable bonds is 13. The minimum Gasteiger partial charge on any atom is -0.465 e. The molecule has 2 amide bonds. The summed E-state index contributed by atoms with van der Waals surface area (Å²) in [6.07, 6.45) is 4.13. The van der Waals surface area contributed by atoms with Crippen molar-refractivity contribution in [3.8, 4) is 0 Å². The summed E-state index contributed by atoms with van der Waals surface area (Å²) in [7, 11) is 0. The maximum atomic E-state index is 14.5. The number of hydrogen-bond acceptors (Lipinski definition) is 6. The van der Waals surface area contributed by atoms with Crippen molar-refractivity contribution in [2.45, 2.75) is 68.3 Å². The van der Waals surface area contributed by atoms with Gasteiger partial charge in [-0.15, -0.1) is 13.2 Å². The average Bonchev–Trinajstić information content (AvgIpc) is 3.50. The molecule has 3 unspecified atom stereocenters. The fourth-order valence-corrected chi connectivity index (χ4v) is 7.48. The van der Waals surface area contributed by atoms with Crippen LogP contribution in [0.3, 0.4) is 0 Å². The van der Waals surface area contributed by atoms with Crippen molar-refractivity contribution in [3.63, 3.8) is 0 Å². The minimum atomic E-state index is -1.21. The lowest BCUT2D eigenvalue weighted by atomic mass is 9.70. The number of halogens is 1. The molecule has 3 saturated heterocycles. The zero-order valence-electron chi connectivity index (χ0n) is 22.7. The number of ether oxygens (including phenoxy) is 2. The molecular weight excluding hydrogens is 564 g/mol. The van der Waals surface area contributed by atoms with Crippen LogP contribution in [0.25, 0.3) is 0 Å². The summed E-state index contributed by atoms with van der Waals surface area (Å²) in [5, 5.41) is 10.4. The van der Waals surface area contributed by atoms with E-state index in [0.717, 1.165) is 5.56 Å². The van der Waals surface area contributed by atoms with Crippen LogP contribution in [0.5, 0.6) is 0 Å². The van der Waals surface area contributed by atoms with Crippen LogP contribution in [0.1, 0.15) is 38.7 Å². The Morgan fingerprint density at radius 3 is 2.62 bits per heavy atom. The topological polar surface area (TPSA) is 96.4 Å². The molecule has 3 aliphatic heterocycles. The maximum absolute atomic E-state index is 14.5. The molecule has 4 rings (SSSR count). The summed E-state index contributed by atoms with van der Waals surface area (Å²) in [6.45, 7) is 12.0. The SMILES string of the molecule is C=CCCOC(=O)[C@H]1[C@H]2C(=O)N([C@@H](CO)CC(C)C)C(C(=O)N(CC=C)Cc3ccccc3)C23CC(Br)[C@@H]1O3. The highest BCUT2D eigenvalue weighted by atomic mass is 79.9. The normalized spacial score (nSPS) is 29.8. The standard InChI is InChI=1S/C30H39BrN2O6/c1-5-7-14-38-29(37)23-24-27(35)33(21(18-34)15-19(3)4)26(30(24)16-22(31)25(23)39-30)28(36)32(13-6-2)17-20-11-9-8-10-12-20/h5-6,8-12,19,21-26,34H,1-2,7,13-18H2,3-4H3/t21-,22?,23+,24+,25+,26?,30?/m1/s1. The number of hydrogen-bond donors (Lipinski definition) is 1. The highest BCUT2D eigenvalue weighted by Crippen LogP contribution is 2.60. The molecule has 3 aliphatic rings. The summed E-state index contributed by atoms with van der Waals surface area (Å²) in [6, 6.07) is 8.04. The van der Waals surface area contributed by atoms with E-state index in [1.807, 2.05) is 44.2 Å². The van der Waals surface area contributed by atoms with E-state index in [9.17, 15) is 19.5 Å². The van der Waals surface area contributed by atoms with E-state index >= 15 is 0 Å². The number of aliphatic hydroxyl groups excluding tert-OH is 1. The van der Waals surface area contributed by atoms with E-state index in [1.54, 1.807) is 17.1 Å². The third-order valence-corrected chi connectivity index (χ3v) is 8.87. The molecular formula is C30H39BrN2O6. The van der Waals surface area contributed by atoms with E-state index in [1.165, 1.54) is 4.90 Å². The van der Waals surface area contributed by atoms with Crippen molar-refractivity contribution in [1.82, 2.24) is 9.80 Å². The lowest BCUT2D eigenvalue weighted by molar-refractivity contribution is -0.156. The summed E-state index contributed by atoms with van der Waals surface area (Å²) < 4.78 is 12.1. The van der Waals surface area contributed by atoms with Gasteiger partial charge in [0.25, 0.3) is 0 Å². The molecule has 2 bridgehead atoms. The molecule has 1 aromatic carbocycles. The van der Waals surface area contributed by atoms with E-state index in [-0.39, 0.29) is 42.3 Å². The van der Waals surface area contributed by atoms with Gasteiger partial charge in [0.05, 0.1) is 37.2 Å². The van der Waals surface area contributed by atoms with Crippen molar-refractivity contribution in [3.05, 3.63) is 61.2 Å². The second-order valence-corrected chi connectivity index (χ2v) is 12.3. The van der Waals surface area contributed by atoms with Gasteiger partial charge in [0, 0.05) is 17.9 Å². The summed E-state index contributed by atoms with van der Waals surface area (Å²) >= 11 is 3.68. The van der Waals surface area contributed by atoms with E-state index in [0.29, 0.717) is 25.8 Å². The highest BCUT2D eigenvalue weighted by Gasteiger charge is 2.77. The molecule has 1 spiro atoms. The number of carbonyl (C=O) groups is 3. The Labute approximate surface area is 239 Å². The van der Waals surface area contributed by atoms with Gasteiger partial charge in [0.15, 0.2) is 0 Å². The number of aliphatic hydroxyl groups is 1. The molecule has 9 heteroatoms. The van der Waals surface area contributed by atoms with Crippen LogP contribution in [0.15, 0.2) is 55.6 Å². The van der Waals surface area contributed by atoms with Crippen LogP contribution < -0.4 is 0 Å². The Balaban J connectivity index is 1.77. The molecule has 1 N–H and O–H groups in total. The third kappa shape index (κ3) is 5.45. The Morgan fingerprint density at radius 1 is 1.28 bits per heavy atom. The summed E-state index contributed by atoms with van der Waals surface area (Å²) in [4.78, 5) is 45.1. The summed E-state index contributed by atoms with van der Waals surface area (Å²) in [5.74, 6) is -2.67. The van der Waals surface area contributed by atoms with Gasteiger partial charge < -0.3 is 24.4 Å². The second kappa shape index (κ2) is 12.4. The fraction of sp³-hybridized carbons (Fsp3) is 0.567. The number of likely N-dealkylation sites (tertiary alicyclic amines) is 1. The van der Waals surface area contributed by atoms with Gasteiger partial charge in [0.2, 0.25) is 11.8 Å². The fourth-order valence-electron chi connectivity index (χ4n) is 6.53. The predicted octanol–water partition coefficient (Wildman–Crippen LogP) is 3.48. The van der Waals surface area contributed by atoms with Crippen molar-refractivity contribution in [2.24, 2.45) is 17.8 Å². The first-order valence-corrected chi connectivity index (χ1v) is 14.6. The van der Waals surface area contributed by atoms with E-state index < -0.39 is 41.6 Å². The van der Waals surface area contributed by atoms with Crippen LogP contribution in [0.4, 0.5) is 0 Å². The van der Waals surface area contributed by atoms with Crippen LogP contribution in [-0.2, 0) is 30.4 Å². The first-order chi connectivity index (χ1) is 18.7. The number of carbonyl (C=O) groups excluding carboxylic acids is 3. The van der Waals surface area contributed by atoms with E-state index in [4.69, 9.17) is 9.47 Å². The lowest BCUT2D eigenvalue weighted by Crippen LogP contribution is -2.59. The molecule has 3 heterocycles. The zero-order chi connectivity index (χ0) is 28.3. The Morgan fingerprint density at radius 2 is 2.00 bits per heavy atom. The van der Waals surface area contributed by atoms with Gasteiger partial charge in [-0.25, -0.2) is 0 Å². The zero-order valence-corrected chi connectivity index (χ0v) is 24.3. The molecule has 7 atom stereocenters. The monoisotopic (exact) mass is 602 g/mol. The molecule has 0 aromatic heterocycles. The molecule has 212 valence electrons. The average molecular weight is 604 g/mol. The van der Waals surface area contributed by atoms with Gasteiger partial charge in [0.1, 0.15) is 11.6 Å². The van der Waals surface area contributed by atoms with Crippen molar-refractivity contribution in [1.29, 1.82) is 0 Å². The first-order valence-electron chi connectivity index (χ1n) is 13.7. The second-order valence-electron chi connectivity index (χ2n) is 11.1. The lowest BCUT2D eigenvalue weighted by Gasteiger charge is -2.39. The van der Waals surface area contributed by atoms with Crippen LogP contribution in [0.2, 0.25) is 0 Å². The van der Waals surface area contributed by atoms with Crippen LogP contribution >= 0.6 is 15.9 Å². The highest BCUT2D eigenvalue weighted by molar-refractivity contribution is 9.09. The molecule has 0 radical (unpaired) electrons. The Kier molecular flexibility index (Phi) is 9.34. The third-order valence-electron chi connectivity index (χ3n) is 8.02. The first kappa shape index (κ1) is 29.5. The molecule has 1 aromatic rings. The number of fused-ring (bicyclic) bond motifs is 1. The smallest absolute Gasteiger partial charge is 0.312 e. The predicted molar refractivity (Wildman–Crippen MR) is 151 cm³/mol.